The Morgan fingerprint density at radius 2 is 1.83 bits per heavy atom. The summed E-state index contributed by atoms with van der Waals surface area (Å²) in [4.78, 5) is 11.7. The van der Waals surface area contributed by atoms with E-state index < -0.39 is 6.10 Å². The van der Waals surface area contributed by atoms with Crippen LogP contribution < -0.4 is 5.32 Å². The van der Waals surface area contributed by atoms with Crippen LogP contribution in [0.3, 0.4) is 0 Å². The molecule has 0 heterocycles. The average molecular weight is 334 g/mol. The number of halogens is 1. The molecule has 0 bridgehead atoms. The Morgan fingerprint density at radius 1 is 1.13 bits per heavy atom. The van der Waals surface area contributed by atoms with Crippen molar-refractivity contribution in [1.29, 1.82) is 0 Å². The van der Waals surface area contributed by atoms with Crippen molar-refractivity contribution in [1.82, 2.24) is 5.32 Å². The summed E-state index contributed by atoms with van der Waals surface area (Å²) in [6, 6.07) is 16.7. The Bertz CT molecular complexity index is 619. The first-order chi connectivity index (χ1) is 11.2. The van der Waals surface area contributed by atoms with Crippen molar-refractivity contribution in [2.24, 2.45) is 0 Å². The standard InChI is InChI=1S/C18H20ClNO3/c19-16-9-5-4-8-15(16)12-23-13-18(22)20-11-10-17(21)14-6-2-1-3-7-14/h1-9,17,21H,10-13H2,(H,20,22). The molecule has 0 aliphatic carbocycles. The van der Waals surface area contributed by atoms with Gasteiger partial charge in [0.15, 0.2) is 0 Å². The van der Waals surface area contributed by atoms with E-state index >= 15 is 0 Å². The third-order valence-electron chi connectivity index (χ3n) is 3.37. The highest BCUT2D eigenvalue weighted by atomic mass is 35.5. The molecule has 0 spiro atoms. The first kappa shape index (κ1) is 17.5. The summed E-state index contributed by atoms with van der Waals surface area (Å²) in [7, 11) is 0. The fraction of sp³-hybridized carbons (Fsp3) is 0.278. The van der Waals surface area contributed by atoms with Crippen LogP contribution in [0.2, 0.25) is 5.02 Å². The first-order valence-corrected chi connectivity index (χ1v) is 7.85. The molecular weight excluding hydrogens is 314 g/mol. The maximum Gasteiger partial charge on any atom is 0.246 e. The minimum Gasteiger partial charge on any atom is -0.388 e. The molecule has 0 aliphatic rings. The second-order valence-electron chi connectivity index (χ2n) is 5.15. The van der Waals surface area contributed by atoms with Gasteiger partial charge in [-0.15, -0.1) is 0 Å². The Kier molecular flexibility index (Phi) is 7.07. The van der Waals surface area contributed by atoms with Crippen LogP contribution >= 0.6 is 11.6 Å². The van der Waals surface area contributed by atoms with Crippen molar-refractivity contribution in [2.45, 2.75) is 19.1 Å². The van der Waals surface area contributed by atoms with Gasteiger partial charge in [-0.25, -0.2) is 0 Å². The van der Waals surface area contributed by atoms with Crippen molar-refractivity contribution >= 4 is 17.5 Å². The van der Waals surface area contributed by atoms with Crippen LogP contribution in [0.5, 0.6) is 0 Å². The van der Waals surface area contributed by atoms with Gasteiger partial charge in [0.05, 0.1) is 12.7 Å². The van der Waals surface area contributed by atoms with Crippen molar-refractivity contribution in [3.05, 3.63) is 70.7 Å². The number of nitrogens with one attached hydrogen (secondary N) is 1. The van der Waals surface area contributed by atoms with E-state index in [1.54, 1.807) is 6.07 Å². The van der Waals surface area contributed by atoms with Crippen molar-refractivity contribution in [3.63, 3.8) is 0 Å². The molecule has 1 amide bonds. The van der Waals surface area contributed by atoms with Crippen molar-refractivity contribution in [2.75, 3.05) is 13.2 Å². The van der Waals surface area contributed by atoms with Crippen LogP contribution in [0, 0.1) is 0 Å². The second kappa shape index (κ2) is 9.30. The number of aliphatic hydroxyl groups excluding tert-OH is 1. The number of ether oxygens (including phenoxy) is 1. The number of rotatable bonds is 8. The lowest BCUT2D eigenvalue weighted by Crippen LogP contribution is -2.29. The molecule has 23 heavy (non-hydrogen) atoms. The molecule has 1 atom stereocenters. The zero-order valence-electron chi connectivity index (χ0n) is 12.7. The van der Waals surface area contributed by atoms with E-state index in [1.165, 1.54) is 0 Å². The molecule has 0 radical (unpaired) electrons. The summed E-state index contributed by atoms with van der Waals surface area (Å²) >= 11 is 6.01. The van der Waals surface area contributed by atoms with Crippen LogP contribution in [0.15, 0.2) is 54.6 Å². The van der Waals surface area contributed by atoms with Gasteiger partial charge in [-0.1, -0.05) is 60.1 Å². The summed E-state index contributed by atoms with van der Waals surface area (Å²) in [5.41, 5.74) is 1.69. The highest BCUT2D eigenvalue weighted by Crippen LogP contribution is 2.16. The number of hydrogen-bond acceptors (Lipinski definition) is 3. The first-order valence-electron chi connectivity index (χ1n) is 7.47. The SMILES string of the molecule is O=C(COCc1ccccc1Cl)NCCC(O)c1ccccc1. The fourth-order valence-corrected chi connectivity index (χ4v) is 2.30. The number of carbonyl (C=O) groups excluding carboxylic acids is 1. The van der Waals surface area contributed by atoms with E-state index in [0.29, 0.717) is 24.6 Å². The molecule has 2 aromatic rings. The molecule has 4 nitrogen and oxygen atoms in total. The number of amides is 1. The molecular formula is C18H20ClNO3. The number of carbonyl (C=O) groups is 1. The van der Waals surface area contributed by atoms with Gasteiger partial charge in [0, 0.05) is 11.6 Å². The predicted octanol–water partition coefficient (Wildman–Crippen LogP) is 3.10. The Morgan fingerprint density at radius 3 is 2.57 bits per heavy atom. The predicted molar refractivity (Wildman–Crippen MR) is 90.1 cm³/mol. The van der Waals surface area contributed by atoms with E-state index in [2.05, 4.69) is 5.32 Å². The molecule has 0 saturated heterocycles. The Balaban J connectivity index is 1.63. The van der Waals surface area contributed by atoms with Crippen molar-refractivity contribution < 1.29 is 14.6 Å². The van der Waals surface area contributed by atoms with Gasteiger partial charge in [0.1, 0.15) is 6.61 Å². The van der Waals surface area contributed by atoms with Gasteiger partial charge in [-0.3, -0.25) is 4.79 Å². The normalized spacial score (nSPS) is 11.9. The zero-order chi connectivity index (χ0) is 16.5. The molecule has 2 rings (SSSR count). The molecule has 2 N–H and O–H groups in total. The van der Waals surface area contributed by atoms with Gasteiger partial charge in [-0.05, 0) is 23.6 Å². The molecule has 0 aliphatic heterocycles. The lowest BCUT2D eigenvalue weighted by atomic mass is 10.1. The topological polar surface area (TPSA) is 58.6 Å². The van der Waals surface area contributed by atoms with Crippen LogP contribution in [0.1, 0.15) is 23.7 Å². The average Bonchev–Trinajstić information content (AvgIpc) is 2.57. The smallest absolute Gasteiger partial charge is 0.246 e. The highest BCUT2D eigenvalue weighted by molar-refractivity contribution is 6.31. The summed E-state index contributed by atoms with van der Waals surface area (Å²) in [5.74, 6) is -0.211. The number of aliphatic hydroxyl groups is 1. The Labute approximate surface area is 141 Å². The van der Waals surface area contributed by atoms with Gasteiger partial charge in [0.25, 0.3) is 0 Å². The zero-order valence-corrected chi connectivity index (χ0v) is 13.5. The molecule has 0 saturated carbocycles. The van der Waals surface area contributed by atoms with E-state index in [4.69, 9.17) is 16.3 Å². The molecule has 2 aromatic carbocycles. The summed E-state index contributed by atoms with van der Waals surface area (Å²) in [5, 5.41) is 13.3. The lowest BCUT2D eigenvalue weighted by molar-refractivity contribution is -0.126. The summed E-state index contributed by atoms with van der Waals surface area (Å²) < 4.78 is 5.35. The van der Waals surface area contributed by atoms with Gasteiger partial charge in [0.2, 0.25) is 5.91 Å². The minimum atomic E-state index is -0.583. The molecule has 5 heteroatoms. The van der Waals surface area contributed by atoms with E-state index in [1.807, 2.05) is 48.5 Å². The quantitative estimate of drug-likeness (QED) is 0.780. The van der Waals surface area contributed by atoms with Gasteiger partial charge in [-0.2, -0.15) is 0 Å². The lowest BCUT2D eigenvalue weighted by Gasteiger charge is -2.12. The molecule has 0 aromatic heterocycles. The second-order valence-corrected chi connectivity index (χ2v) is 5.56. The minimum absolute atomic E-state index is 0.0351. The number of benzene rings is 2. The molecule has 122 valence electrons. The molecule has 1 unspecified atom stereocenters. The fourth-order valence-electron chi connectivity index (χ4n) is 2.11. The third kappa shape index (κ3) is 6.02. The molecule has 0 fully saturated rings. The largest absolute Gasteiger partial charge is 0.388 e. The van der Waals surface area contributed by atoms with Crippen LogP contribution in [0.4, 0.5) is 0 Å². The maximum atomic E-state index is 11.7. The number of hydrogen-bond donors (Lipinski definition) is 2. The monoisotopic (exact) mass is 333 g/mol. The summed E-state index contributed by atoms with van der Waals surface area (Å²) in [6.45, 7) is 0.650. The van der Waals surface area contributed by atoms with Crippen LogP contribution in [0.25, 0.3) is 0 Å². The van der Waals surface area contributed by atoms with Gasteiger partial charge < -0.3 is 15.2 Å². The van der Waals surface area contributed by atoms with Crippen LogP contribution in [-0.2, 0) is 16.1 Å². The highest BCUT2D eigenvalue weighted by Gasteiger charge is 2.08. The van der Waals surface area contributed by atoms with E-state index in [-0.39, 0.29) is 12.5 Å². The van der Waals surface area contributed by atoms with Gasteiger partial charge >= 0.3 is 0 Å². The van der Waals surface area contributed by atoms with E-state index in [0.717, 1.165) is 11.1 Å². The van der Waals surface area contributed by atoms with Crippen molar-refractivity contribution in [3.8, 4) is 0 Å². The maximum absolute atomic E-state index is 11.7. The third-order valence-corrected chi connectivity index (χ3v) is 3.74. The Hall–Kier alpha value is -1.88. The van der Waals surface area contributed by atoms with Crippen LogP contribution in [-0.4, -0.2) is 24.2 Å². The summed E-state index contributed by atoms with van der Waals surface area (Å²) in [6.07, 6.45) is -0.124. The van der Waals surface area contributed by atoms with E-state index in [9.17, 15) is 9.90 Å².